The van der Waals surface area contributed by atoms with Crippen molar-refractivity contribution in [1.29, 1.82) is 0 Å². The lowest BCUT2D eigenvalue weighted by atomic mass is 10.0. The molecule has 1 saturated heterocycles. The summed E-state index contributed by atoms with van der Waals surface area (Å²) in [6, 6.07) is 8.67. The number of carbonyl (C=O) groups excluding carboxylic acids is 1. The summed E-state index contributed by atoms with van der Waals surface area (Å²) in [5, 5.41) is 5.06. The van der Waals surface area contributed by atoms with E-state index in [4.69, 9.17) is 0 Å². The topological polar surface area (TPSA) is 79.4 Å². The number of hydrogen-bond acceptors (Lipinski definition) is 6. The van der Waals surface area contributed by atoms with Crippen LogP contribution in [0.5, 0.6) is 0 Å². The number of carbonyl (C=O) groups is 1. The Morgan fingerprint density at radius 3 is 2.86 bits per heavy atom. The van der Waals surface area contributed by atoms with E-state index in [-0.39, 0.29) is 10.1 Å². The Bertz CT molecular complexity index is 1100. The highest BCUT2D eigenvalue weighted by atomic mass is 32.2. The van der Waals surface area contributed by atoms with Crippen LogP contribution in [0.25, 0.3) is 10.2 Å². The molecule has 1 N–H and O–H groups in total. The van der Waals surface area contributed by atoms with Gasteiger partial charge in [-0.2, -0.15) is 4.31 Å². The van der Waals surface area contributed by atoms with Crippen molar-refractivity contribution in [3.63, 3.8) is 0 Å². The number of aromatic nitrogens is 1. The van der Waals surface area contributed by atoms with E-state index in [9.17, 15) is 13.2 Å². The van der Waals surface area contributed by atoms with Crippen molar-refractivity contribution in [3.05, 3.63) is 41.3 Å². The molecule has 0 aliphatic carbocycles. The first-order valence-electron chi connectivity index (χ1n) is 9.13. The van der Waals surface area contributed by atoms with E-state index in [0.29, 0.717) is 30.4 Å². The SMILES string of the molecule is CC(C)c1ccc2nc(NC(=O)[C@@H]3CCCN3S(=O)(=O)c3cccs3)sc2c1. The van der Waals surface area contributed by atoms with Crippen molar-refractivity contribution in [1.82, 2.24) is 9.29 Å². The number of nitrogens with zero attached hydrogens (tertiary/aromatic N) is 2. The summed E-state index contributed by atoms with van der Waals surface area (Å²) < 4.78 is 28.3. The van der Waals surface area contributed by atoms with Gasteiger partial charge >= 0.3 is 0 Å². The molecule has 1 fully saturated rings. The number of benzene rings is 1. The minimum absolute atomic E-state index is 0.272. The molecule has 148 valence electrons. The Morgan fingerprint density at radius 2 is 2.14 bits per heavy atom. The number of rotatable bonds is 5. The number of amides is 1. The van der Waals surface area contributed by atoms with E-state index in [2.05, 4.69) is 30.2 Å². The maximum Gasteiger partial charge on any atom is 0.253 e. The Balaban J connectivity index is 1.55. The van der Waals surface area contributed by atoms with Gasteiger partial charge in [0.2, 0.25) is 5.91 Å². The second kappa shape index (κ2) is 7.55. The Hall–Kier alpha value is -1.81. The average molecular weight is 436 g/mol. The van der Waals surface area contributed by atoms with Crippen LogP contribution >= 0.6 is 22.7 Å². The van der Waals surface area contributed by atoms with Crippen LogP contribution < -0.4 is 5.32 Å². The second-order valence-electron chi connectivity index (χ2n) is 7.10. The first-order chi connectivity index (χ1) is 13.4. The zero-order valence-corrected chi connectivity index (χ0v) is 18.0. The van der Waals surface area contributed by atoms with Crippen LogP contribution in [0.1, 0.15) is 38.2 Å². The van der Waals surface area contributed by atoms with Gasteiger partial charge in [0.05, 0.1) is 10.2 Å². The lowest BCUT2D eigenvalue weighted by Gasteiger charge is -2.22. The smallest absolute Gasteiger partial charge is 0.253 e. The van der Waals surface area contributed by atoms with Gasteiger partial charge in [0, 0.05) is 6.54 Å². The van der Waals surface area contributed by atoms with E-state index in [1.165, 1.54) is 32.5 Å². The van der Waals surface area contributed by atoms with Crippen molar-refractivity contribution in [2.24, 2.45) is 0 Å². The van der Waals surface area contributed by atoms with Crippen LogP contribution in [0.4, 0.5) is 5.13 Å². The van der Waals surface area contributed by atoms with Crippen molar-refractivity contribution >= 4 is 54.0 Å². The summed E-state index contributed by atoms with van der Waals surface area (Å²) in [4.78, 5) is 17.3. The lowest BCUT2D eigenvalue weighted by Crippen LogP contribution is -2.42. The molecule has 0 unspecified atom stereocenters. The van der Waals surface area contributed by atoms with Crippen molar-refractivity contribution in [2.45, 2.75) is 42.9 Å². The molecule has 3 heterocycles. The third-order valence-electron chi connectivity index (χ3n) is 4.87. The fourth-order valence-electron chi connectivity index (χ4n) is 3.36. The molecule has 1 aromatic carbocycles. The van der Waals surface area contributed by atoms with Gasteiger partial charge in [0.15, 0.2) is 5.13 Å². The predicted octanol–water partition coefficient (Wildman–Crippen LogP) is 4.27. The highest BCUT2D eigenvalue weighted by Gasteiger charge is 2.40. The normalized spacial score (nSPS) is 18.2. The van der Waals surface area contributed by atoms with Crippen molar-refractivity contribution in [2.75, 3.05) is 11.9 Å². The summed E-state index contributed by atoms with van der Waals surface area (Å²) in [5.74, 6) is 0.0971. The standard InChI is InChI=1S/C19H21N3O3S3/c1-12(2)13-7-8-14-16(11-13)27-19(20-14)21-18(23)15-5-3-9-22(15)28(24,25)17-6-4-10-26-17/h4,6-8,10-12,15H,3,5,9H2,1-2H3,(H,20,21,23)/t15-/m0/s1. The van der Waals surface area contributed by atoms with Gasteiger partial charge in [-0.3, -0.25) is 4.79 Å². The monoisotopic (exact) mass is 435 g/mol. The molecule has 0 radical (unpaired) electrons. The van der Waals surface area contributed by atoms with Crippen LogP contribution in [-0.2, 0) is 14.8 Å². The minimum atomic E-state index is -3.65. The van der Waals surface area contributed by atoms with Gasteiger partial charge in [0.1, 0.15) is 10.3 Å². The predicted molar refractivity (Wildman–Crippen MR) is 114 cm³/mol. The summed E-state index contributed by atoms with van der Waals surface area (Å²) in [7, 11) is -3.65. The number of thiophene rings is 1. The molecule has 6 nitrogen and oxygen atoms in total. The molecular weight excluding hydrogens is 414 g/mol. The van der Waals surface area contributed by atoms with Crippen molar-refractivity contribution < 1.29 is 13.2 Å². The number of sulfonamides is 1. The zero-order chi connectivity index (χ0) is 19.9. The Kier molecular flexibility index (Phi) is 5.26. The molecule has 1 amide bonds. The average Bonchev–Trinajstić information content (AvgIpc) is 3.39. The third kappa shape index (κ3) is 3.59. The molecule has 9 heteroatoms. The van der Waals surface area contributed by atoms with E-state index >= 15 is 0 Å². The molecule has 1 atom stereocenters. The summed E-state index contributed by atoms with van der Waals surface area (Å²) in [6.45, 7) is 4.62. The molecule has 2 aromatic heterocycles. The summed E-state index contributed by atoms with van der Waals surface area (Å²) in [6.07, 6.45) is 1.18. The highest BCUT2D eigenvalue weighted by molar-refractivity contribution is 7.91. The molecule has 1 aliphatic rings. The molecule has 1 aliphatic heterocycles. The quantitative estimate of drug-likeness (QED) is 0.649. The summed E-state index contributed by atoms with van der Waals surface area (Å²) in [5.41, 5.74) is 2.05. The first kappa shape index (κ1) is 19.5. The van der Waals surface area contributed by atoms with Gasteiger partial charge in [0.25, 0.3) is 10.0 Å². The molecule has 4 rings (SSSR count). The van der Waals surface area contributed by atoms with Crippen LogP contribution in [0.3, 0.4) is 0 Å². The van der Waals surface area contributed by atoms with Crippen LogP contribution in [0.15, 0.2) is 39.9 Å². The fraction of sp³-hybridized carbons (Fsp3) is 0.368. The molecule has 0 bridgehead atoms. The third-order valence-corrected chi connectivity index (χ3v) is 9.09. The van der Waals surface area contributed by atoms with Gasteiger partial charge in [-0.15, -0.1) is 11.3 Å². The van der Waals surface area contributed by atoms with E-state index < -0.39 is 16.1 Å². The number of thiazole rings is 1. The largest absolute Gasteiger partial charge is 0.301 e. The minimum Gasteiger partial charge on any atom is -0.301 e. The van der Waals surface area contributed by atoms with Crippen LogP contribution in [0, 0.1) is 0 Å². The maximum absolute atomic E-state index is 12.8. The van der Waals surface area contributed by atoms with Gasteiger partial charge in [-0.25, -0.2) is 13.4 Å². The molecule has 0 spiro atoms. The number of fused-ring (bicyclic) bond motifs is 1. The van der Waals surface area contributed by atoms with Crippen molar-refractivity contribution in [3.8, 4) is 0 Å². The number of nitrogens with one attached hydrogen (secondary N) is 1. The van der Waals surface area contributed by atoms with Crippen LogP contribution in [-0.4, -0.2) is 36.2 Å². The van der Waals surface area contributed by atoms with Gasteiger partial charge in [-0.1, -0.05) is 37.3 Å². The fourth-order valence-corrected chi connectivity index (χ4v) is 7.05. The molecule has 0 saturated carbocycles. The molecule has 28 heavy (non-hydrogen) atoms. The highest BCUT2D eigenvalue weighted by Crippen LogP contribution is 2.32. The summed E-state index contributed by atoms with van der Waals surface area (Å²) >= 11 is 2.58. The van der Waals surface area contributed by atoms with E-state index in [1.807, 2.05) is 12.1 Å². The maximum atomic E-state index is 12.8. The number of anilines is 1. The van der Waals surface area contributed by atoms with Gasteiger partial charge in [-0.05, 0) is 47.9 Å². The Labute approximate surface area is 172 Å². The van der Waals surface area contributed by atoms with E-state index in [0.717, 1.165) is 10.2 Å². The first-order valence-corrected chi connectivity index (χ1v) is 12.3. The zero-order valence-electron chi connectivity index (χ0n) is 15.6. The second-order valence-corrected chi connectivity index (χ2v) is 11.2. The van der Waals surface area contributed by atoms with E-state index in [1.54, 1.807) is 17.5 Å². The van der Waals surface area contributed by atoms with Crippen LogP contribution in [0.2, 0.25) is 0 Å². The lowest BCUT2D eigenvalue weighted by molar-refractivity contribution is -0.119. The number of hydrogen-bond donors (Lipinski definition) is 1. The van der Waals surface area contributed by atoms with Gasteiger partial charge < -0.3 is 5.32 Å². The molecular formula is C19H21N3O3S3. The Morgan fingerprint density at radius 1 is 1.32 bits per heavy atom. The molecule has 3 aromatic rings.